The Morgan fingerprint density at radius 2 is 1.09 bits per heavy atom. The smallest absolute Gasteiger partial charge is 0.323 e. The number of para-hydroxylation sites is 1. The maximum atomic E-state index is 12.8. The number of hydrogen-bond acceptors (Lipinski definition) is 2. The first kappa shape index (κ1) is 38.8. The maximum Gasteiger partial charge on any atom is 0.323 e. The molecule has 0 aliphatic heterocycles. The molecule has 2 aromatic rings. The first-order valence-electron chi connectivity index (χ1n) is 17.3. The lowest BCUT2D eigenvalue weighted by Gasteiger charge is -2.20. The van der Waals surface area contributed by atoms with Gasteiger partial charge in [-0.25, -0.2) is 4.79 Å². The number of rotatable bonds is 20. The molecule has 0 bridgehead atoms. The van der Waals surface area contributed by atoms with Gasteiger partial charge >= 0.3 is 6.03 Å². The van der Waals surface area contributed by atoms with Gasteiger partial charge in [-0.1, -0.05) is 138 Å². The van der Waals surface area contributed by atoms with E-state index in [1.54, 1.807) is 0 Å². The van der Waals surface area contributed by atoms with Gasteiger partial charge in [0.1, 0.15) is 0 Å². The van der Waals surface area contributed by atoms with Crippen LogP contribution in [0.15, 0.2) is 115 Å². The van der Waals surface area contributed by atoms with Crippen molar-refractivity contribution in [1.29, 1.82) is 0 Å². The third kappa shape index (κ3) is 17.2. The van der Waals surface area contributed by atoms with E-state index in [4.69, 9.17) is 0 Å². The summed E-state index contributed by atoms with van der Waals surface area (Å²) in [4.78, 5) is 25.1. The van der Waals surface area contributed by atoms with Crippen molar-refractivity contribution in [3.8, 4) is 0 Å². The van der Waals surface area contributed by atoms with Crippen LogP contribution in [0.2, 0.25) is 0 Å². The number of amides is 3. The molecule has 0 saturated carbocycles. The lowest BCUT2D eigenvalue weighted by atomic mass is 9.93. The van der Waals surface area contributed by atoms with Gasteiger partial charge in [-0.05, 0) is 85.6 Å². The highest BCUT2D eigenvalue weighted by Crippen LogP contribution is 2.32. The summed E-state index contributed by atoms with van der Waals surface area (Å²) in [6.07, 6.45) is 33.2. The molecular formula is C42H57N3O2. The molecule has 0 saturated heterocycles. The van der Waals surface area contributed by atoms with E-state index in [2.05, 4.69) is 142 Å². The molecule has 0 aliphatic carbocycles. The highest BCUT2D eigenvalue weighted by Gasteiger charge is 2.16. The molecule has 0 aliphatic rings. The Balaban J connectivity index is 1.60. The number of carbonyl (C=O) groups is 2. The second kappa shape index (κ2) is 23.9. The molecule has 0 heterocycles. The number of urea groups is 1. The summed E-state index contributed by atoms with van der Waals surface area (Å²) in [5.74, 6) is 0.615. The molecule has 0 unspecified atom stereocenters. The van der Waals surface area contributed by atoms with Gasteiger partial charge in [-0.15, -0.1) is 0 Å². The average molecular weight is 636 g/mol. The lowest BCUT2D eigenvalue weighted by Crippen LogP contribution is -2.22. The molecule has 252 valence electrons. The molecule has 3 N–H and O–H groups in total. The number of benzene rings is 2. The first-order valence-corrected chi connectivity index (χ1v) is 17.3. The standard InChI is InChI=1S/C42H57N3O2/c1-6-7-8-9-10-11-12-13-14-15-16-17-18-19-20-21-22-23-24-28-40(46)43-33-36-29-31-37(32-30-36)44-42(47)45-41-38(34(2)3)26-25-27-39(41)35(4)5/h7-8,10-11,13-14,16-17,19-20,22-23,25-27,29-32,34-35H,6,9,12,15,18,21,24,28,33H2,1-5H3,(H,43,46)(H2,44,45,47). The van der Waals surface area contributed by atoms with Crippen LogP contribution in [-0.4, -0.2) is 11.9 Å². The summed E-state index contributed by atoms with van der Waals surface area (Å²) >= 11 is 0. The zero-order valence-electron chi connectivity index (χ0n) is 29.3. The van der Waals surface area contributed by atoms with Gasteiger partial charge in [0, 0.05) is 24.3 Å². The van der Waals surface area contributed by atoms with Crippen LogP contribution in [-0.2, 0) is 11.3 Å². The van der Waals surface area contributed by atoms with Crippen molar-refractivity contribution in [2.45, 2.75) is 104 Å². The third-order valence-electron chi connectivity index (χ3n) is 7.45. The molecule has 2 rings (SSSR count). The topological polar surface area (TPSA) is 70.2 Å². The molecule has 0 atom stereocenters. The fourth-order valence-corrected chi connectivity index (χ4v) is 4.82. The molecule has 0 aromatic heterocycles. The van der Waals surface area contributed by atoms with E-state index < -0.39 is 0 Å². The van der Waals surface area contributed by atoms with Gasteiger partial charge in [0.15, 0.2) is 0 Å². The van der Waals surface area contributed by atoms with Gasteiger partial charge in [0.25, 0.3) is 0 Å². The minimum atomic E-state index is -0.268. The summed E-state index contributed by atoms with van der Waals surface area (Å²) in [5, 5.41) is 8.99. The van der Waals surface area contributed by atoms with Crippen molar-refractivity contribution in [3.63, 3.8) is 0 Å². The Hall–Kier alpha value is -4.38. The second-order valence-electron chi connectivity index (χ2n) is 12.1. The number of nitrogens with one attached hydrogen (secondary N) is 3. The van der Waals surface area contributed by atoms with Crippen molar-refractivity contribution < 1.29 is 9.59 Å². The fourth-order valence-electron chi connectivity index (χ4n) is 4.82. The number of allylic oxidation sites excluding steroid dienone is 12. The number of hydrogen-bond donors (Lipinski definition) is 3. The summed E-state index contributed by atoms with van der Waals surface area (Å²) in [7, 11) is 0. The van der Waals surface area contributed by atoms with E-state index in [1.807, 2.05) is 24.3 Å². The quantitative estimate of drug-likeness (QED) is 0.127. The Kier molecular flexibility index (Phi) is 19.7. The molecular weight excluding hydrogens is 578 g/mol. The maximum absolute atomic E-state index is 12.8. The highest BCUT2D eigenvalue weighted by molar-refractivity contribution is 6.01. The van der Waals surface area contributed by atoms with Crippen molar-refractivity contribution in [1.82, 2.24) is 5.32 Å². The van der Waals surface area contributed by atoms with E-state index >= 15 is 0 Å². The second-order valence-corrected chi connectivity index (χ2v) is 12.1. The molecule has 47 heavy (non-hydrogen) atoms. The van der Waals surface area contributed by atoms with E-state index in [-0.39, 0.29) is 11.9 Å². The molecule has 0 radical (unpaired) electrons. The minimum absolute atomic E-state index is 0.0240. The normalized spacial score (nSPS) is 12.3. The van der Waals surface area contributed by atoms with Crippen molar-refractivity contribution >= 4 is 23.3 Å². The third-order valence-corrected chi connectivity index (χ3v) is 7.45. The van der Waals surface area contributed by atoms with Crippen LogP contribution in [0.1, 0.15) is 115 Å². The number of anilines is 2. The van der Waals surface area contributed by atoms with Crippen LogP contribution in [0.5, 0.6) is 0 Å². The summed E-state index contributed by atoms with van der Waals surface area (Å²) in [6.45, 7) is 11.1. The Labute approximate surface area is 284 Å². The molecule has 3 amide bonds. The van der Waals surface area contributed by atoms with Crippen LogP contribution in [0.25, 0.3) is 0 Å². The van der Waals surface area contributed by atoms with Crippen LogP contribution >= 0.6 is 0 Å². The largest absolute Gasteiger partial charge is 0.352 e. The Morgan fingerprint density at radius 3 is 1.55 bits per heavy atom. The van der Waals surface area contributed by atoms with Gasteiger partial charge in [0.05, 0.1) is 0 Å². The van der Waals surface area contributed by atoms with Crippen molar-refractivity contribution in [3.05, 3.63) is 132 Å². The fraction of sp³-hybridized carbons (Fsp3) is 0.381. The van der Waals surface area contributed by atoms with Crippen LogP contribution in [0.3, 0.4) is 0 Å². The molecule has 5 nitrogen and oxygen atoms in total. The Bertz CT molecular complexity index is 1350. The highest BCUT2D eigenvalue weighted by atomic mass is 16.2. The van der Waals surface area contributed by atoms with Crippen LogP contribution in [0, 0.1) is 0 Å². The predicted molar refractivity (Wildman–Crippen MR) is 203 cm³/mol. The van der Waals surface area contributed by atoms with E-state index in [1.165, 1.54) is 0 Å². The Morgan fingerprint density at radius 1 is 0.617 bits per heavy atom. The van der Waals surface area contributed by atoms with Gasteiger partial charge in [-0.3, -0.25) is 4.79 Å². The predicted octanol–water partition coefficient (Wildman–Crippen LogP) is 11.7. The van der Waals surface area contributed by atoms with Crippen molar-refractivity contribution in [2.75, 3.05) is 10.6 Å². The monoisotopic (exact) mass is 635 g/mol. The van der Waals surface area contributed by atoms with Gasteiger partial charge in [0.2, 0.25) is 5.91 Å². The zero-order chi connectivity index (χ0) is 34.1. The average Bonchev–Trinajstić information content (AvgIpc) is 3.05. The first-order chi connectivity index (χ1) is 22.8. The minimum Gasteiger partial charge on any atom is -0.352 e. The molecule has 0 fully saturated rings. The summed E-state index contributed by atoms with van der Waals surface area (Å²) in [5.41, 5.74) is 4.81. The van der Waals surface area contributed by atoms with E-state index in [0.29, 0.717) is 36.9 Å². The van der Waals surface area contributed by atoms with E-state index in [9.17, 15) is 9.59 Å². The molecule has 2 aromatic carbocycles. The lowest BCUT2D eigenvalue weighted by molar-refractivity contribution is -0.121. The van der Waals surface area contributed by atoms with E-state index in [0.717, 1.165) is 60.9 Å². The van der Waals surface area contributed by atoms with Gasteiger partial charge in [-0.2, -0.15) is 0 Å². The van der Waals surface area contributed by atoms with Crippen LogP contribution in [0.4, 0.5) is 16.2 Å². The molecule has 0 spiro atoms. The zero-order valence-corrected chi connectivity index (χ0v) is 29.3. The van der Waals surface area contributed by atoms with Crippen LogP contribution < -0.4 is 16.0 Å². The van der Waals surface area contributed by atoms with Gasteiger partial charge < -0.3 is 16.0 Å². The summed E-state index contributed by atoms with van der Waals surface area (Å²) < 4.78 is 0. The number of carbonyl (C=O) groups excluding carboxylic acids is 2. The van der Waals surface area contributed by atoms with Crippen molar-refractivity contribution in [2.24, 2.45) is 0 Å². The SMILES string of the molecule is CCC=CCC=CCC=CCC=CCC=CCC=CCCC(=O)NCc1ccc(NC(=O)Nc2c(C(C)C)cccc2C(C)C)cc1. The molecule has 5 heteroatoms. The summed E-state index contributed by atoms with van der Waals surface area (Å²) in [6, 6.07) is 13.5.